The molecule has 0 spiro atoms. The summed E-state index contributed by atoms with van der Waals surface area (Å²) < 4.78 is 0. The molecule has 2 saturated heterocycles. The molecule has 1 aliphatic carbocycles. The van der Waals surface area contributed by atoms with Crippen LogP contribution in [0.2, 0.25) is 0 Å². The van der Waals surface area contributed by atoms with Gasteiger partial charge < -0.3 is 10.6 Å². The minimum atomic E-state index is -0.184. The van der Waals surface area contributed by atoms with Crippen molar-refractivity contribution in [2.75, 3.05) is 0 Å². The van der Waals surface area contributed by atoms with Crippen LogP contribution in [0.15, 0.2) is 0 Å². The highest BCUT2D eigenvalue weighted by atomic mass is 16.2. The third-order valence-corrected chi connectivity index (χ3v) is 4.12. The van der Waals surface area contributed by atoms with Gasteiger partial charge >= 0.3 is 0 Å². The van der Waals surface area contributed by atoms with Crippen LogP contribution in [0.3, 0.4) is 0 Å². The van der Waals surface area contributed by atoms with E-state index in [0.29, 0.717) is 18.0 Å². The van der Waals surface area contributed by atoms with E-state index in [1.165, 1.54) is 25.7 Å². The number of hydrogen-bond acceptors (Lipinski definition) is 2. The molecule has 2 N–H and O–H groups in total. The van der Waals surface area contributed by atoms with E-state index in [1.807, 2.05) is 0 Å². The van der Waals surface area contributed by atoms with Crippen LogP contribution in [0.1, 0.15) is 38.5 Å². The number of carbonyl (C=O) groups is 1. The SMILES string of the molecule is NC(C(=O)N1C2CCC1CC2)C1CC1. The van der Waals surface area contributed by atoms with Crippen LogP contribution in [0.5, 0.6) is 0 Å². The molecular weight excluding hydrogens is 176 g/mol. The largest absolute Gasteiger partial charge is 0.335 e. The number of hydrogen-bond donors (Lipinski definition) is 1. The first-order chi connectivity index (χ1) is 6.77. The summed E-state index contributed by atoms with van der Waals surface area (Å²) in [4.78, 5) is 14.2. The number of nitrogens with zero attached hydrogens (tertiary/aromatic N) is 1. The molecule has 0 radical (unpaired) electrons. The summed E-state index contributed by atoms with van der Waals surface area (Å²) in [7, 11) is 0. The maximum Gasteiger partial charge on any atom is 0.240 e. The minimum absolute atomic E-state index is 0.184. The molecule has 3 rings (SSSR count). The Labute approximate surface area is 84.6 Å². The van der Waals surface area contributed by atoms with Crippen molar-refractivity contribution >= 4 is 5.91 Å². The second-order valence-corrected chi connectivity index (χ2v) is 5.07. The highest BCUT2D eigenvalue weighted by Crippen LogP contribution is 2.40. The third kappa shape index (κ3) is 1.18. The lowest BCUT2D eigenvalue weighted by molar-refractivity contribution is -0.134. The smallest absolute Gasteiger partial charge is 0.240 e. The molecule has 1 amide bonds. The van der Waals surface area contributed by atoms with Gasteiger partial charge in [-0.15, -0.1) is 0 Å². The van der Waals surface area contributed by atoms with Gasteiger partial charge in [-0.05, 0) is 44.4 Å². The van der Waals surface area contributed by atoms with Crippen LogP contribution in [-0.4, -0.2) is 28.9 Å². The van der Waals surface area contributed by atoms with Crippen LogP contribution >= 0.6 is 0 Å². The summed E-state index contributed by atoms with van der Waals surface area (Å²) in [5.41, 5.74) is 5.96. The van der Waals surface area contributed by atoms with Gasteiger partial charge in [0.2, 0.25) is 5.91 Å². The van der Waals surface area contributed by atoms with Crippen molar-refractivity contribution in [3.05, 3.63) is 0 Å². The molecule has 3 aliphatic rings. The van der Waals surface area contributed by atoms with Crippen molar-refractivity contribution in [3.63, 3.8) is 0 Å². The Hall–Kier alpha value is -0.570. The Morgan fingerprint density at radius 3 is 2.00 bits per heavy atom. The zero-order chi connectivity index (χ0) is 9.71. The van der Waals surface area contributed by atoms with Crippen molar-refractivity contribution < 1.29 is 4.79 Å². The summed E-state index contributed by atoms with van der Waals surface area (Å²) in [6, 6.07) is 0.894. The third-order valence-electron chi connectivity index (χ3n) is 4.12. The molecule has 78 valence electrons. The van der Waals surface area contributed by atoms with E-state index < -0.39 is 0 Å². The standard InChI is InChI=1S/C11H18N2O/c12-10(7-1-2-7)11(14)13-8-3-4-9(13)6-5-8/h7-10H,1-6,12H2. The van der Waals surface area contributed by atoms with E-state index in [1.54, 1.807) is 0 Å². The molecule has 1 unspecified atom stereocenters. The number of amides is 1. The highest BCUT2D eigenvalue weighted by molar-refractivity contribution is 5.83. The van der Waals surface area contributed by atoms with Crippen LogP contribution in [0.25, 0.3) is 0 Å². The average molecular weight is 194 g/mol. The first-order valence-corrected chi connectivity index (χ1v) is 5.85. The van der Waals surface area contributed by atoms with Gasteiger partial charge in [-0.3, -0.25) is 4.79 Å². The van der Waals surface area contributed by atoms with E-state index in [2.05, 4.69) is 4.90 Å². The molecule has 1 saturated carbocycles. The van der Waals surface area contributed by atoms with Gasteiger partial charge in [0.1, 0.15) is 0 Å². The Morgan fingerprint density at radius 1 is 1.07 bits per heavy atom. The van der Waals surface area contributed by atoms with E-state index in [-0.39, 0.29) is 11.9 Å². The fourth-order valence-electron chi connectivity index (χ4n) is 3.10. The van der Waals surface area contributed by atoms with Crippen LogP contribution < -0.4 is 5.73 Å². The summed E-state index contributed by atoms with van der Waals surface area (Å²) in [6.45, 7) is 0. The predicted octanol–water partition coefficient (Wildman–Crippen LogP) is 0.877. The molecule has 2 bridgehead atoms. The molecular formula is C11H18N2O. The van der Waals surface area contributed by atoms with Gasteiger partial charge in [-0.2, -0.15) is 0 Å². The average Bonchev–Trinajstić information content (AvgIpc) is 2.89. The monoisotopic (exact) mass is 194 g/mol. The maximum absolute atomic E-state index is 12.1. The molecule has 3 nitrogen and oxygen atoms in total. The van der Waals surface area contributed by atoms with Crippen LogP contribution in [0.4, 0.5) is 0 Å². The molecule has 2 heterocycles. The van der Waals surface area contributed by atoms with Gasteiger partial charge in [-0.25, -0.2) is 0 Å². The Bertz CT molecular complexity index is 242. The summed E-state index contributed by atoms with van der Waals surface area (Å²) in [6.07, 6.45) is 7.19. The van der Waals surface area contributed by atoms with Gasteiger partial charge in [0.15, 0.2) is 0 Å². The first kappa shape index (κ1) is 8.72. The van der Waals surface area contributed by atoms with Crippen molar-refractivity contribution in [1.82, 2.24) is 4.90 Å². The van der Waals surface area contributed by atoms with Crippen LogP contribution in [0, 0.1) is 5.92 Å². The summed E-state index contributed by atoms with van der Waals surface area (Å²) in [5, 5.41) is 0. The molecule has 0 aromatic heterocycles. The fourth-order valence-corrected chi connectivity index (χ4v) is 3.10. The number of carbonyl (C=O) groups excluding carboxylic acids is 1. The van der Waals surface area contributed by atoms with Crippen LogP contribution in [-0.2, 0) is 4.79 Å². The Balaban J connectivity index is 1.72. The molecule has 0 aromatic carbocycles. The maximum atomic E-state index is 12.1. The number of fused-ring (bicyclic) bond motifs is 2. The van der Waals surface area contributed by atoms with Gasteiger partial charge in [-0.1, -0.05) is 0 Å². The lowest BCUT2D eigenvalue weighted by Crippen LogP contribution is -2.47. The lowest BCUT2D eigenvalue weighted by Gasteiger charge is -2.25. The lowest BCUT2D eigenvalue weighted by atomic mass is 10.0. The molecule has 0 aromatic rings. The quantitative estimate of drug-likeness (QED) is 0.709. The normalized spacial score (nSPS) is 37.6. The summed E-state index contributed by atoms with van der Waals surface area (Å²) in [5.74, 6) is 0.750. The van der Waals surface area contributed by atoms with E-state index >= 15 is 0 Å². The number of rotatable bonds is 2. The Kier molecular flexibility index (Phi) is 1.84. The van der Waals surface area contributed by atoms with E-state index in [9.17, 15) is 4.79 Å². The Morgan fingerprint density at radius 2 is 1.57 bits per heavy atom. The molecule has 3 heteroatoms. The minimum Gasteiger partial charge on any atom is -0.335 e. The summed E-state index contributed by atoms with van der Waals surface area (Å²) >= 11 is 0. The molecule has 1 atom stereocenters. The number of nitrogens with two attached hydrogens (primary N) is 1. The zero-order valence-corrected chi connectivity index (χ0v) is 8.48. The molecule has 14 heavy (non-hydrogen) atoms. The van der Waals surface area contributed by atoms with E-state index in [4.69, 9.17) is 5.73 Å². The van der Waals surface area contributed by atoms with Crippen molar-refractivity contribution in [2.45, 2.75) is 56.7 Å². The van der Waals surface area contributed by atoms with Crippen molar-refractivity contribution in [1.29, 1.82) is 0 Å². The van der Waals surface area contributed by atoms with Gasteiger partial charge in [0.25, 0.3) is 0 Å². The van der Waals surface area contributed by atoms with E-state index in [0.717, 1.165) is 12.8 Å². The predicted molar refractivity (Wildman–Crippen MR) is 53.6 cm³/mol. The van der Waals surface area contributed by atoms with Gasteiger partial charge in [0, 0.05) is 12.1 Å². The highest BCUT2D eigenvalue weighted by Gasteiger charge is 2.45. The first-order valence-electron chi connectivity index (χ1n) is 5.85. The van der Waals surface area contributed by atoms with Crippen molar-refractivity contribution in [2.24, 2.45) is 11.7 Å². The molecule has 3 fully saturated rings. The van der Waals surface area contributed by atoms with Gasteiger partial charge in [0.05, 0.1) is 6.04 Å². The second kappa shape index (κ2) is 2.96. The topological polar surface area (TPSA) is 46.3 Å². The zero-order valence-electron chi connectivity index (χ0n) is 8.48. The van der Waals surface area contributed by atoms with Crippen molar-refractivity contribution in [3.8, 4) is 0 Å². The fraction of sp³-hybridized carbons (Fsp3) is 0.909. The molecule has 2 aliphatic heterocycles. The second-order valence-electron chi connectivity index (χ2n) is 5.07.